The molecule has 0 spiro atoms. The van der Waals surface area contributed by atoms with Crippen LogP contribution >= 0.6 is 11.3 Å². The molecule has 5 heteroatoms. The van der Waals surface area contributed by atoms with E-state index in [9.17, 15) is 4.79 Å². The average Bonchev–Trinajstić information content (AvgIpc) is 2.89. The topological polar surface area (TPSA) is 54.0 Å². The van der Waals surface area contributed by atoms with Crippen molar-refractivity contribution in [3.63, 3.8) is 0 Å². The lowest BCUT2D eigenvalue weighted by Crippen LogP contribution is -2.38. The summed E-state index contributed by atoms with van der Waals surface area (Å²) in [5, 5.41) is 7.04. The molecule has 1 aliphatic heterocycles. The Morgan fingerprint density at radius 2 is 2.33 bits per heavy atom. The lowest BCUT2D eigenvalue weighted by molar-refractivity contribution is -0.125. The smallest absolute Gasteiger partial charge is 0.233 e. The Bertz CT molecular complexity index is 416. The van der Waals surface area contributed by atoms with E-state index in [-0.39, 0.29) is 11.3 Å². The van der Waals surface area contributed by atoms with Gasteiger partial charge in [-0.3, -0.25) is 4.79 Å². The van der Waals surface area contributed by atoms with Crippen molar-refractivity contribution in [2.24, 2.45) is 5.41 Å². The quantitative estimate of drug-likeness (QED) is 0.881. The van der Waals surface area contributed by atoms with E-state index in [0.717, 1.165) is 43.2 Å². The molecule has 1 unspecified atom stereocenters. The Balaban J connectivity index is 2.10. The van der Waals surface area contributed by atoms with Gasteiger partial charge in [0.15, 0.2) is 5.13 Å². The highest BCUT2D eigenvalue weighted by Gasteiger charge is 2.40. The monoisotopic (exact) mass is 267 g/mol. The highest BCUT2D eigenvalue weighted by Crippen LogP contribution is 2.33. The normalized spacial score (nSPS) is 23.3. The lowest BCUT2D eigenvalue weighted by atomic mass is 9.81. The van der Waals surface area contributed by atoms with E-state index < -0.39 is 0 Å². The molecule has 2 heterocycles. The third-order valence-corrected chi connectivity index (χ3v) is 4.69. The molecule has 1 saturated heterocycles. The highest BCUT2D eigenvalue weighted by atomic mass is 32.1. The van der Waals surface area contributed by atoms with Gasteiger partial charge in [-0.25, -0.2) is 4.98 Å². The molecule has 1 aromatic heterocycles. The van der Waals surface area contributed by atoms with Gasteiger partial charge in [0.25, 0.3) is 0 Å². The largest absolute Gasteiger partial charge is 0.316 e. The van der Waals surface area contributed by atoms with Gasteiger partial charge in [0.05, 0.1) is 11.1 Å². The van der Waals surface area contributed by atoms with Crippen LogP contribution in [0.5, 0.6) is 0 Å². The fourth-order valence-electron chi connectivity index (χ4n) is 2.50. The molecule has 0 radical (unpaired) electrons. The zero-order valence-corrected chi connectivity index (χ0v) is 12.1. The van der Waals surface area contributed by atoms with Crippen molar-refractivity contribution in [1.29, 1.82) is 0 Å². The first-order chi connectivity index (χ1) is 8.57. The van der Waals surface area contributed by atoms with E-state index in [1.807, 2.05) is 13.8 Å². The zero-order chi connectivity index (χ0) is 13.2. The zero-order valence-electron chi connectivity index (χ0n) is 11.3. The van der Waals surface area contributed by atoms with Crippen LogP contribution in [-0.4, -0.2) is 24.0 Å². The summed E-state index contributed by atoms with van der Waals surface area (Å²) < 4.78 is 0. The maximum absolute atomic E-state index is 12.5. The lowest BCUT2D eigenvalue weighted by Gasteiger charge is -2.25. The summed E-state index contributed by atoms with van der Waals surface area (Å²) in [6.45, 7) is 7.85. The van der Waals surface area contributed by atoms with Gasteiger partial charge in [0, 0.05) is 11.4 Å². The van der Waals surface area contributed by atoms with E-state index in [2.05, 4.69) is 22.5 Å². The molecule has 100 valence electrons. The summed E-state index contributed by atoms with van der Waals surface area (Å²) in [7, 11) is 0. The van der Waals surface area contributed by atoms with E-state index in [0.29, 0.717) is 0 Å². The summed E-state index contributed by atoms with van der Waals surface area (Å²) >= 11 is 1.55. The molecule has 0 aromatic carbocycles. The van der Waals surface area contributed by atoms with Crippen molar-refractivity contribution in [2.75, 3.05) is 18.4 Å². The van der Waals surface area contributed by atoms with Gasteiger partial charge in [0.2, 0.25) is 5.91 Å². The first kappa shape index (κ1) is 13.5. The third-order valence-electron chi connectivity index (χ3n) is 3.70. The number of carbonyl (C=O) groups is 1. The number of hydrogen-bond acceptors (Lipinski definition) is 4. The van der Waals surface area contributed by atoms with Crippen molar-refractivity contribution < 1.29 is 4.79 Å². The minimum Gasteiger partial charge on any atom is -0.316 e. The number of carbonyl (C=O) groups excluding carboxylic acids is 1. The molecule has 1 atom stereocenters. The highest BCUT2D eigenvalue weighted by molar-refractivity contribution is 7.15. The van der Waals surface area contributed by atoms with E-state index in [1.54, 1.807) is 11.3 Å². The number of amides is 1. The predicted octanol–water partition coefficient (Wildman–Crippen LogP) is 2.48. The minimum atomic E-state index is -0.234. The van der Waals surface area contributed by atoms with E-state index >= 15 is 0 Å². The Morgan fingerprint density at radius 3 is 2.83 bits per heavy atom. The molecule has 18 heavy (non-hydrogen) atoms. The van der Waals surface area contributed by atoms with Crippen LogP contribution in [0.25, 0.3) is 0 Å². The molecule has 1 fully saturated rings. The van der Waals surface area contributed by atoms with Gasteiger partial charge < -0.3 is 10.6 Å². The number of nitrogens with zero attached hydrogens (tertiary/aromatic N) is 1. The average molecular weight is 267 g/mol. The Labute approximate surface area is 112 Å². The summed E-state index contributed by atoms with van der Waals surface area (Å²) in [6, 6.07) is 0. The van der Waals surface area contributed by atoms with Gasteiger partial charge >= 0.3 is 0 Å². The van der Waals surface area contributed by atoms with Crippen LogP contribution in [0.15, 0.2) is 0 Å². The summed E-state index contributed by atoms with van der Waals surface area (Å²) in [5.74, 6) is 0.128. The standard InChI is InChI=1S/C13H21N3OS/c1-4-5-13(6-7-14-8-13)11(17)16-12-15-9(2)10(3)18-12/h14H,4-8H2,1-3H3,(H,15,16,17). The van der Waals surface area contributed by atoms with Gasteiger partial charge in [-0.05, 0) is 33.2 Å². The third kappa shape index (κ3) is 2.57. The van der Waals surface area contributed by atoms with Crippen molar-refractivity contribution in [2.45, 2.75) is 40.0 Å². The van der Waals surface area contributed by atoms with Gasteiger partial charge in [-0.15, -0.1) is 11.3 Å². The molecule has 1 aliphatic rings. The van der Waals surface area contributed by atoms with Crippen LogP contribution in [0.3, 0.4) is 0 Å². The SMILES string of the molecule is CCCC1(C(=O)Nc2nc(C)c(C)s2)CCNC1. The maximum atomic E-state index is 12.5. The number of thiazole rings is 1. The fourth-order valence-corrected chi connectivity index (χ4v) is 3.31. The van der Waals surface area contributed by atoms with Crippen molar-refractivity contribution >= 4 is 22.4 Å². The van der Waals surface area contributed by atoms with Gasteiger partial charge in [0.1, 0.15) is 0 Å². The number of aromatic nitrogens is 1. The second kappa shape index (κ2) is 5.36. The molecule has 1 amide bonds. The van der Waals surface area contributed by atoms with Crippen LogP contribution in [0.2, 0.25) is 0 Å². The van der Waals surface area contributed by atoms with Crippen LogP contribution < -0.4 is 10.6 Å². The Morgan fingerprint density at radius 1 is 1.56 bits per heavy atom. The van der Waals surface area contributed by atoms with Crippen molar-refractivity contribution in [1.82, 2.24) is 10.3 Å². The number of rotatable bonds is 4. The molecule has 2 N–H and O–H groups in total. The van der Waals surface area contributed by atoms with E-state index in [4.69, 9.17) is 0 Å². The fraction of sp³-hybridized carbons (Fsp3) is 0.692. The second-order valence-electron chi connectivity index (χ2n) is 5.07. The molecule has 0 bridgehead atoms. The maximum Gasteiger partial charge on any atom is 0.233 e. The molecule has 0 saturated carbocycles. The van der Waals surface area contributed by atoms with Crippen molar-refractivity contribution in [3.05, 3.63) is 10.6 Å². The van der Waals surface area contributed by atoms with Crippen LogP contribution in [-0.2, 0) is 4.79 Å². The molecular formula is C13H21N3OS. The van der Waals surface area contributed by atoms with Gasteiger partial charge in [-0.2, -0.15) is 0 Å². The van der Waals surface area contributed by atoms with Crippen LogP contribution in [0.4, 0.5) is 5.13 Å². The summed E-state index contributed by atoms with van der Waals surface area (Å²) in [6.07, 6.45) is 2.90. The number of anilines is 1. The number of nitrogens with one attached hydrogen (secondary N) is 2. The minimum absolute atomic E-state index is 0.128. The summed E-state index contributed by atoms with van der Waals surface area (Å²) in [4.78, 5) is 18.0. The van der Waals surface area contributed by atoms with Crippen LogP contribution in [0.1, 0.15) is 36.8 Å². The second-order valence-corrected chi connectivity index (χ2v) is 6.28. The summed E-state index contributed by atoms with van der Waals surface area (Å²) in [5.41, 5.74) is 0.770. The molecule has 1 aromatic rings. The predicted molar refractivity (Wildman–Crippen MR) is 75.0 cm³/mol. The molecule has 0 aliphatic carbocycles. The Hall–Kier alpha value is -0.940. The first-order valence-electron chi connectivity index (χ1n) is 6.53. The molecular weight excluding hydrogens is 246 g/mol. The van der Waals surface area contributed by atoms with Crippen molar-refractivity contribution in [3.8, 4) is 0 Å². The molecule has 2 rings (SSSR count). The number of aryl methyl sites for hydroxylation is 2. The first-order valence-corrected chi connectivity index (χ1v) is 7.35. The van der Waals surface area contributed by atoms with E-state index in [1.165, 1.54) is 4.88 Å². The molecule has 4 nitrogen and oxygen atoms in total. The van der Waals surface area contributed by atoms with Gasteiger partial charge in [-0.1, -0.05) is 13.3 Å². The Kier molecular flexibility index (Phi) is 4.02. The van der Waals surface area contributed by atoms with Crippen LogP contribution in [0, 0.1) is 19.3 Å². The number of hydrogen-bond donors (Lipinski definition) is 2.